The monoisotopic (exact) mass is 358 g/mol. The largest absolute Gasteiger partial charge is 0.467 e. The lowest BCUT2D eigenvalue weighted by Crippen LogP contribution is -2.13. The van der Waals surface area contributed by atoms with Crippen molar-refractivity contribution in [2.75, 3.05) is 5.32 Å². The molecule has 0 aliphatic heterocycles. The first-order chi connectivity index (χ1) is 9.41. The molecule has 1 atom stereocenters. The Hall–Kier alpha value is -1.31. The Morgan fingerprint density at radius 2 is 2.15 bits per heavy atom. The van der Waals surface area contributed by atoms with Gasteiger partial charge in [0.05, 0.1) is 17.2 Å². The summed E-state index contributed by atoms with van der Waals surface area (Å²) in [6.07, 6.45) is 2.45. The predicted molar refractivity (Wildman–Crippen MR) is 80.9 cm³/mol. The van der Waals surface area contributed by atoms with Crippen LogP contribution in [0.5, 0.6) is 0 Å². The molecule has 5 nitrogen and oxygen atoms in total. The number of furan rings is 1. The summed E-state index contributed by atoms with van der Waals surface area (Å²) in [5.74, 6) is 0.829. The third-order valence-corrected chi connectivity index (χ3v) is 4.46. The Labute approximate surface area is 126 Å². The smallest absolute Gasteiger partial charge is 0.238 e. The van der Waals surface area contributed by atoms with E-state index in [2.05, 4.69) is 21.2 Å². The zero-order valence-corrected chi connectivity index (χ0v) is 13.2. The average molecular weight is 359 g/mol. The van der Waals surface area contributed by atoms with E-state index in [1.807, 2.05) is 19.1 Å². The van der Waals surface area contributed by atoms with Crippen LogP contribution in [0.25, 0.3) is 0 Å². The molecule has 0 bridgehead atoms. The molecule has 2 aromatic rings. The number of sulfonamides is 1. The van der Waals surface area contributed by atoms with E-state index >= 15 is 0 Å². The van der Waals surface area contributed by atoms with Crippen LogP contribution >= 0.6 is 15.9 Å². The lowest BCUT2D eigenvalue weighted by Gasteiger charge is -2.17. The maximum atomic E-state index is 11.3. The van der Waals surface area contributed by atoms with Crippen molar-refractivity contribution in [3.8, 4) is 0 Å². The second-order valence-corrected chi connectivity index (χ2v) is 6.72. The van der Waals surface area contributed by atoms with Gasteiger partial charge in [0.2, 0.25) is 10.0 Å². The van der Waals surface area contributed by atoms with Crippen molar-refractivity contribution in [1.82, 2.24) is 0 Å². The minimum Gasteiger partial charge on any atom is -0.467 e. The summed E-state index contributed by atoms with van der Waals surface area (Å²) in [7, 11) is -3.70. The summed E-state index contributed by atoms with van der Waals surface area (Å²) >= 11 is 3.35. The molecule has 3 N–H and O–H groups in total. The zero-order chi connectivity index (χ0) is 14.8. The van der Waals surface area contributed by atoms with Gasteiger partial charge in [-0.25, -0.2) is 13.6 Å². The quantitative estimate of drug-likeness (QED) is 0.858. The van der Waals surface area contributed by atoms with Gasteiger partial charge in [0.1, 0.15) is 5.76 Å². The zero-order valence-electron chi connectivity index (χ0n) is 10.8. The van der Waals surface area contributed by atoms with Gasteiger partial charge in [0.15, 0.2) is 0 Å². The van der Waals surface area contributed by atoms with Gasteiger partial charge in [0.25, 0.3) is 0 Å². The minimum absolute atomic E-state index is 0.0154. The molecule has 1 aromatic carbocycles. The van der Waals surface area contributed by atoms with Crippen LogP contribution in [0, 0.1) is 0 Å². The van der Waals surface area contributed by atoms with Crippen LogP contribution in [0.2, 0.25) is 0 Å². The Morgan fingerprint density at radius 3 is 2.65 bits per heavy atom. The standard InChI is InChI=1S/C13H15BrN2O3S/c1-2-11(13-4-3-7-19-13)16-12-6-5-9(8-10(12)14)20(15,17)18/h3-8,11,16H,2H2,1H3,(H2,15,17,18). The molecular weight excluding hydrogens is 344 g/mol. The van der Waals surface area contributed by atoms with E-state index in [9.17, 15) is 8.42 Å². The average Bonchev–Trinajstić information content (AvgIpc) is 2.90. The van der Waals surface area contributed by atoms with Gasteiger partial charge in [-0.1, -0.05) is 6.92 Å². The number of halogens is 1. The fraction of sp³-hybridized carbons (Fsp3) is 0.231. The molecule has 0 saturated carbocycles. The molecule has 0 fully saturated rings. The van der Waals surface area contributed by atoms with E-state index in [0.717, 1.165) is 17.9 Å². The van der Waals surface area contributed by atoms with Crippen molar-refractivity contribution in [1.29, 1.82) is 0 Å². The van der Waals surface area contributed by atoms with Crippen LogP contribution in [0.1, 0.15) is 25.1 Å². The van der Waals surface area contributed by atoms with Gasteiger partial charge >= 0.3 is 0 Å². The Bertz CT molecular complexity index is 684. The molecule has 0 spiro atoms. The summed E-state index contributed by atoms with van der Waals surface area (Å²) in [6, 6.07) is 8.37. The van der Waals surface area contributed by atoms with Crippen LogP contribution in [0.4, 0.5) is 5.69 Å². The predicted octanol–water partition coefficient (Wildman–Crippen LogP) is 3.25. The van der Waals surface area contributed by atoms with Crippen molar-refractivity contribution >= 4 is 31.6 Å². The molecule has 0 radical (unpaired) electrons. The van der Waals surface area contributed by atoms with Crippen LogP contribution in [0.15, 0.2) is 50.4 Å². The minimum atomic E-state index is -3.70. The second kappa shape index (κ2) is 5.99. The Balaban J connectivity index is 2.26. The fourth-order valence-corrected chi connectivity index (χ4v) is 3.03. The van der Waals surface area contributed by atoms with Gasteiger partial charge in [-0.15, -0.1) is 0 Å². The number of nitrogens with one attached hydrogen (secondary N) is 1. The molecule has 0 amide bonds. The van der Waals surface area contributed by atoms with Crippen LogP contribution in [-0.4, -0.2) is 8.42 Å². The molecule has 20 heavy (non-hydrogen) atoms. The summed E-state index contributed by atoms with van der Waals surface area (Å²) in [4.78, 5) is 0.0703. The summed E-state index contributed by atoms with van der Waals surface area (Å²) in [5.41, 5.74) is 0.778. The first-order valence-corrected chi connectivity index (χ1v) is 8.38. The number of rotatable bonds is 5. The lowest BCUT2D eigenvalue weighted by molar-refractivity contribution is 0.474. The van der Waals surface area contributed by atoms with Crippen molar-refractivity contribution in [2.45, 2.75) is 24.3 Å². The maximum Gasteiger partial charge on any atom is 0.238 e. The van der Waals surface area contributed by atoms with Gasteiger partial charge in [-0.05, 0) is 52.7 Å². The van der Waals surface area contributed by atoms with Gasteiger partial charge < -0.3 is 9.73 Å². The second-order valence-electron chi connectivity index (χ2n) is 4.31. The SMILES string of the molecule is CCC(Nc1ccc(S(N)(=O)=O)cc1Br)c1ccco1. The van der Waals surface area contributed by atoms with Gasteiger partial charge in [-0.2, -0.15) is 0 Å². The van der Waals surface area contributed by atoms with E-state index in [1.165, 1.54) is 12.1 Å². The number of benzene rings is 1. The van der Waals surface area contributed by atoms with Gasteiger partial charge in [0, 0.05) is 10.2 Å². The molecule has 7 heteroatoms. The number of hydrogen-bond acceptors (Lipinski definition) is 4. The molecule has 0 aliphatic carbocycles. The van der Waals surface area contributed by atoms with E-state index in [0.29, 0.717) is 4.47 Å². The number of primary sulfonamides is 1. The van der Waals surface area contributed by atoms with Crippen molar-refractivity contribution in [2.24, 2.45) is 5.14 Å². The highest BCUT2D eigenvalue weighted by molar-refractivity contribution is 9.10. The maximum absolute atomic E-state index is 11.3. The van der Waals surface area contributed by atoms with E-state index < -0.39 is 10.0 Å². The first kappa shape index (κ1) is 15.1. The third-order valence-electron chi connectivity index (χ3n) is 2.89. The number of anilines is 1. The third kappa shape index (κ3) is 3.41. The highest BCUT2D eigenvalue weighted by atomic mass is 79.9. The van der Waals surface area contributed by atoms with Crippen molar-refractivity contribution in [3.05, 3.63) is 46.8 Å². The van der Waals surface area contributed by atoms with Crippen molar-refractivity contribution in [3.63, 3.8) is 0 Å². The molecule has 1 unspecified atom stereocenters. The lowest BCUT2D eigenvalue weighted by atomic mass is 10.1. The summed E-state index contributed by atoms with van der Waals surface area (Å²) < 4.78 is 28.6. The molecule has 108 valence electrons. The van der Waals surface area contributed by atoms with E-state index in [1.54, 1.807) is 12.3 Å². The van der Waals surface area contributed by atoms with Crippen molar-refractivity contribution < 1.29 is 12.8 Å². The molecule has 0 saturated heterocycles. The van der Waals surface area contributed by atoms with Crippen LogP contribution < -0.4 is 10.5 Å². The normalized spacial score (nSPS) is 13.2. The fourth-order valence-electron chi connectivity index (χ4n) is 1.84. The highest BCUT2D eigenvalue weighted by Gasteiger charge is 2.15. The Morgan fingerprint density at radius 1 is 1.40 bits per heavy atom. The van der Waals surface area contributed by atoms with Crippen LogP contribution in [-0.2, 0) is 10.0 Å². The topological polar surface area (TPSA) is 85.3 Å². The van der Waals surface area contributed by atoms with E-state index in [4.69, 9.17) is 9.56 Å². The number of nitrogens with two attached hydrogens (primary N) is 1. The molecule has 0 aliphatic rings. The molecular formula is C13H15BrN2O3S. The van der Waals surface area contributed by atoms with Crippen LogP contribution in [0.3, 0.4) is 0 Å². The summed E-state index contributed by atoms with van der Waals surface area (Å²) in [5, 5.41) is 8.40. The molecule has 1 heterocycles. The molecule has 1 aromatic heterocycles. The van der Waals surface area contributed by atoms with Gasteiger partial charge in [-0.3, -0.25) is 0 Å². The highest BCUT2D eigenvalue weighted by Crippen LogP contribution is 2.30. The Kier molecular flexibility index (Phi) is 4.52. The van der Waals surface area contributed by atoms with E-state index in [-0.39, 0.29) is 10.9 Å². The summed E-state index contributed by atoms with van der Waals surface area (Å²) in [6.45, 7) is 2.03. The number of hydrogen-bond donors (Lipinski definition) is 2. The molecule has 2 rings (SSSR count). The first-order valence-electron chi connectivity index (χ1n) is 6.04.